The first-order valence-electron chi connectivity index (χ1n) is 6.09. The van der Waals surface area contributed by atoms with Crippen molar-refractivity contribution in [3.8, 4) is 0 Å². The quantitative estimate of drug-likeness (QED) is 0.839. The number of carbonyl (C=O) groups is 2. The zero-order valence-corrected chi connectivity index (χ0v) is 11.2. The summed E-state index contributed by atoms with van der Waals surface area (Å²) in [6, 6.07) is 1.77. The van der Waals surface area contributed by atoms with E-state index in [2.05, 4.69) is 15.5 Å². The van der Waals surface area contributed by atoms with Gasteiger partial charge in [-0.3, -0.25) is 19.0 Å². The molecule has 20 heavy (non-hydrogen) atoms. The molecule has 2 aromatic rings. The lowest BCUT2D eigenvalue weighted by Crippen LogP contribution is -2.12. The predicted molar refractivity (Wildman–Crippen MR) is 70.5 cm³/mol. The van der Waals surface area contributed by atoms with Gasteiger partial charge in [-0.15, -0.1) is 0 Å². The molecule has 0 saturated heterocycles. The second-order valence-corrected chi connectivity index (χ2v) is 4.26. The van der Waals surface area contributed by atoms with Crippen LogP contribution in [0, 0.1) is 6.92 Å². The molecule has 0 saturated carbocycles. The topological polar surface area (TPSA) is 102 Å². The monoisotopic (exact) mass is 277 g/mol. The highest BCUT2D eigenvalue weighted by Gasteiger charge is 2.12. The summed E-state index contributed by atoms with van der Waals surface area (Å²) in [5, 5.41) is 19.3. The lowest BCUT2D eigenvalue weighted by Gasteiger charge is -1.99. The van der Waals surface area contributed by atoms with Gasteiger partial charge < -0.3 is 10.4 Å². The Morgan fingerprint density at radius 2 is 2.20 bits per heavy atom. The molecular weight excluding hydrogens is 262 g/mol. The van der Waals surface area contributed by atoms with Gasteiger partial charge in [0.1, 0.15) is 6.54 Å². The molecule has 0 aliphatic rings. The fourth-order valence-corrected chi connectivity index (χ4v) is 1.79. The van der Waals surface area contributed by atoms with Crippen LogP contribution >= 0.6 is 0 Å². The van der Waals surface area contributed by atoms with E-state index in [0.717, 1.165) is 12.2 Å². The average molecular weight is 277 g/mol. The average Bonchev–Trinajstić information content (AvgIpc) is 2.95. The molecule has 0 aliphatic heterocycles. The Morgan fingerprint density at radius 1 is 1.45 bits per heavy atom. The number of amides is 1. The van der Waals surface area contributed by atoms with E-state index in [1.54, 1.807) is 10.7 Å². The molecule has 106 valence electrons. The van der Waals surface area contributed by atoms with Gasteiger partial charge in [-0.05, 0) is 13.8 Å². The van der Waals surface area contributed by atoms with Crippen molar-refractivity contribution < 1.29 is 14.7 Å². The summed E-state index contributed by atoms with van der Waals surface area (Å²) < 4.78 is 2.95. The number of carbonyl (C=O) groups excluding carboxylic acids is 1. The van der Waals surface area contributed by atoms with Crippen molar-refractivity contribution in [1.82, 2.24) is 19.6 Å². The second-order valence-electron chi connectivity index (χ2n) is 4.26. The van der Waals surface area contributed by atoms with Crippen LogP contribution in [-0.2, 0) is 17.9 Å². The second kappa shape index (κ2) is 5.55. The summed E-state index contributed by atoms with van der Waals surface area (Å²) in [6.45, 7) is 4.30. The first-order valence-corrected chi connectivity index (χ1v) is 6.09. The van der Waals surface area contributed by atoms with Gasteiger partial charge in [-0.2, -0.15) is 10.2 Å². The smallest absolute Gasteiger partial charge is 0.325 e. The number of carboxylic acid groups (broad SMARTS) is 1. The van der Waals surface area contributed by atoms with E-state index in [0.29, 0.717) is 5.82 Å². The third-order valence-corrected chi connectivity index (χ3v) is 2.72. The van der Waals surface area contributed by atoms with Crippen LogP contribution in [0.15, 0.2) is 18.5 Å². The minimum absolute atomic E-state index is 0.281. The van der Waals surface area contributed by atoms with E-state index in [1.165, 1.54) is 17.1 Å². The number of rotatable bonds is 5. The Hall–Kier alpha value is -2.64. The van der Waals surface area contributed by atoms with E-state index < -0.39 is 5.97 Å². The minimum atomic E-state index is -1.02. The molecule has 0 fully saturated rings. The number of aliphatic carboxylic acids is 1. The van der Waals surface area contributed by atoms with E-state index in [1.807, 2.05) is 13.8 Å². The Bertz CT molecular complexity index is 643. The molecule has 0 aromatic carbocycles. The first kappa shape index (κ1) is 13.8. The van der Waals surface area contributed by atoms with E-state index in [9.17, 15) is 9.59 Å². The van der Waals surface area contributed by atoms with Gasteiger partial charge >= 0.3 is 5.97 Å². The highest BCUT2D eigenvalue weighted by Crippen LogP contribution is 2.10. The normalized spacial score (nSPS) is 10.5. The summed E-state index contributed by atoms with van der Waals surface area (Å²) >= 11 is 0. The SMILES string of the molecule is CCn1nc(NC(=O)c2cnn(CC(=O)O)c2)cc1C. The Labute approximate surface area is 115 Å². The van der Waals surface area contributed by atoms with Gasteiger partial charge in [-0.1, -0.05) is 0 Å². The van der Waals surface area contributed by atoms with Crippen LogP contribution in [0.4, 0.5) is 5.82 Å². The number of hydrogen-bond donors (Lipinski definition) is 2. The molecule has 0 atom stereocenters. The zero-order valence-electron chi connectivity index (χ0n) is 11.2. The van der Waals surface area contributed by atoms with Gasteiger partial charge in [0, 0.05) is 24.5 Å². The maximum atomic E-state index is 12.0. The summed E-state index contributed by atoms with van der Waals surface area (Å²) in [7, 11) is 0. The molecule has 2 rings (SSSR count). The molecule has 2 heterocycles. The summed E-state index contributed by atoms with van der Waals surface area (Å²) in [5.74, 6) is -0.930. The molecule has 2 aromatic heterocycles. The molecule has 0 aliphatic carbocycles. The highest BCUT2D eigenvalue weighted by molar-refractivity contribution is 6.03. The Balaban J connectivity index is 2.07. The van der Waals surface area contributed by atoms with E-state index in [-0.39, 0.29) is 18.0 Å². The number of anilines is 1. The maximum absolute atomic E-state index is 12.0. The van der Waals surface area contributed by atoms with Crippen molar-refractivity contribution in [3.63, 3.8) is 0 Å². The molecular formula is C12H15N5O3. The molecule has 0 unspecified atom stereocenters. The fourth-order valence-electron chi connectivity index (χ4n) is 1.79. The predicted octanol–water partition coefficient (Wildman–Crippen LogP) is 0.745. The molecule has 0 radical (unpaired) electrons. The Morgan fingerprint density at radius 3 is 2.80 bits per heavy atom. The zero-order chi connectivity index (χ0) is 14.7. The van der Waals surface area contributed by atoms with Crippen LogP contribution < -0.4 is 5.32 Å². The standard InChI is InChI=1S/C12H15N5O3/c1-3-17-8(2)4-10(15-17)14-12(20)9-5-13-16(6-9)7-11(18)19/h4-6H,3,7H2,1-2H3,(H,18,19)(H,14,15,20). The van der Waals surface area contributed by atoms with Crippen molar-refractivity contribution in [3.05, 3.63) is 29.7 Å². The number of carboxylic acids is 1. The highest BCUT2D eigenvalue weighted by atomic mass is 16.4. The van der Waals surface area contributed by atoms with Crippen molar-refractivity contribution >= 4 is 17.7 Å². The molecule has 0 bridgehead atoms. The van der Waals surface area contributed by atoms with E-state index >= 15 is 0 Å². The first-order chi connectivity index (χ1) is 9.49. The van der Waals surface area contributed by atoms with Crippen LogP contribution in [0.2, 0.25) is 0 Å². The molecule has 8 heteroatoms. The fraction of sp³-hybridized carbons (Fsp3) is 0.333. The van der Waals surface area contributed by atoms with Crippen LogP contribution in [0.1, 0.15) is 23.0 Å². The molecule has 0 spiro atoms. The van der Waals surface area contributed by atoms with Crippen molar-refractivity contribution in [1.29, 1.82) is 0 Å². The number of aromatic nitrogens is 4. The summed E-state index contributed by atoms with van der Waals surface area (Å²) in [4.78, 5) is 22.5. The third-order valence-electron chi connectivity index (χ3n) is 2.72. The molecule has 8 nitrogen and oxygen atoms in total. The van der Waals surface area contributed by atoms with Gasteiger partial charge in [0.15, 0.2) is 5.82 Å². The molecule has 1 amide bonds. The maximum Gasteiger partial charge on any atom is 0.325 e. The van der Waals surface area contributed by atoms with Crippen molar-refractivity contribution in [2.45, 2.75) is 26.9 Å². The van der Waals surface area contributed by atoms with Crippen LogP contribution in [-0.4, -0.2) is 36.5 Å². The van der Waals surface area contributed by atoms with Crippen molar-refractivity contribution in [2.24, 2.45) is 0 Å². The largest absolute Gasteiger partial charge is 0.480 e. The number of hydrogen-bond acceptors (Lipinski definition) is 4. The lowest BCUT2D eigenvalue weighted by atomic mass is 10.3. The molecule has 2 N–H and O–H groups in total. The summed E-state index contributed by atoms with van der Waals surface area (Å²) in [5.41, 5.74) is 1.24. The lowest BCUT2D eigenvalue weighted by molar-refractivity contribution is -0.137. The van der Waals surface area contributed by atoms with Gasteiger partial charge in [0.05, 0.1) is 11.8 Å². The van der Waals surface area contributed by atoms with Crippen LogP contribution in [0.5, 0.6) is 0 Å². The minimum Gasteiger partial charge on any atom is -0.480 e. The van der Waals surface area contributed by atoms with Crippen LogP contribution in [0.25, 0.3) is 0 Å². The Kier molecular flexibility index (Phi) is 3.83. The number of nitrogens with one attached hydrogen (secondary N) is 1. The van der Waals surface area contributed by atoms with Crippen molar-refractivity contribution in [2.75, 3.05) is 5.32 Å². The van der Waals surface area contributed by atoms with Crippen LogP contribution in [0.3, 0.4) is 0 Å². The van der Waals surface area contributed by atoms with Gasteiger partial charge in [0.25, 0.3) is 5.91 Å². The number of nitrogens with zero attached hydrogens (tertiary/aromatic N) is 4. The van der Waals surface area contributed by atoms with Gasteiger partial charge in [0.2, 0.25) is 0 Å². The third kappa shape index (κ3) is 3.02. The van der Waals surface area contributed by atoms with E-state index in [4.69, 9.17) is 5.11 Å². The number of aryl methyl sites for hydroxylation is 2. The van der Waals surface area contributed by atoms with Gasteiger partial charge in [-0.25, -0.2) is 0 Å². The summed E-state index contributed by atoms with van der Waals surface area (Å²) in [6.07, 6.45) is 2.70.